The van der Waals surface area contributed by atoms with Crippen molar-refractivity contribution >= 4 is 5.91 Å². The maximum atomic E-state index is 11.6. The number of azide groups is 1. The second-order valence-electron chi connectivity index (χ2n) is 4.38. The molecule has 0 bridgehead atoms. The van der Waals surface area contributed by atoms with Gasteiger partial charge in [-0.25, -0.2) is 0 Å². The lowest BCUT2D eigenvalue weighted by Gasteiger charge is -2.05. The molecule has 5 heteroatoms. The van der Waals surface area contributed by atoms with Gasteiger partial charge in [0.1, 0.15) is 0 Å². The maximum Gasteiger partial charge on any atom is 0.220 e. The molecule has 5 nitrogen and oxygen atoms in total. The first-order chi connectivity index (χ1) is 9.33. The van der Waals surface area contributed by atoms with Crippen LogP contribution < -0.4 is 5.32 Å². The largest absolute Gasteiger partial charge is 0.352 e. The summed E-state index contributed by atoms with van der Waals surface area (Å²) in [5, 5.41) is 6.37. The molecule has 0 unspecified atom stereocenters. The molecule has 0 aliphatic carbocycles. The quantitative estimate of drug-likeness (QED) is 0.313. The molecule has 0 aliphatic heterocycles. The molecule has 0 aromatic heterocycles. The normalized spacial score (nSPS) is 9.68. The van der Waals surface area contributed by atoms with Crippen LogP contribution in [0.15, 0.2) is 35.4 Å². The van der Waals surface area contributed by atoms with E-state index in [1.807, 2.05) is 30.3 Å². The maximum absolute atomic E-state index is 11.6. The second-order valence-corrected chi connectivity index (χ2v) is 4.38. The van der Waals surface area contributed by atoms with E-state index in [0.717, 1.165) is 31.2 Å². The van der Waals surface area contributed by atoms with Crippen molar-refractivity contribution in [3.63, 3.8) is 0 Å². The molecular formula is C14H20N4O. The Morgan fingerprint density at radius 2 is 1.89 bits per heavy atom. The summed E-state index contributed by atoms with van der Waals surface area (Å²) in [6.07, 6.45) is 4.35. The van der Waals surface area contributed by atoms with Gasteiger partial charge < -0.3 is 5.32 Å². The van der Waals surface area contributed by atoms with Crippen LogP contribution in [-0.4, -0.2) is 12.5 Å². The van der Waals surface area contributed by atoms with Crippen LogP contribution in [0.4, 0.5) is 0 Å². The number of hydrogen-bond donors (Lipinski definition) is 1. The molecule has 102 valence electrons. The predicted octanol–water partition coefficient (Wildman–Crippen LogP) is 3.56. The SMILES string of the molecule is [N-]=[N+]=NCCCCCCC(=O)NCc1ccccc1. The van der Waals surface area contributed by atoms with Crippen molar-refractivity contribution in [1.29, 1.82) is 0 Å². The van der Waals surface area contributed by atoms with Crippen molar-refractivity contribution in [2.24, 2.45) is 5.11 Å². The molecule has 0 heterocycles. The van der Waals surface area contributed by atoms with Gasteiger partial charge in [0.25, 0.3) is 0 Å². The van der Waals surface area contributed by atoms with Gasteiger partial charge >= 0.3 is 0 Å². The number of carbonyl (C=O) groups is 1. The first-order valence-electron chi connectivity index (χ1n) is 6.64. The Morgan fingerprint density at radius 1 is 1.16 bits per heavy atom. The molecule has 0 spiro atoms. The minimum Gasteiger partial charge on any atom is -0.352 e. The van der Waals surface area contributed by atoms with Gasteiger partial charge in [0.15, 0.2) is 0 Å². The number of amides is 1. The fourth-order valence-electron chi connectivity index (χ4n) is 1.75. The first kappa shape index (κ1) is 15.1. The highest BCUT2D eigenvalue weighted by atomic mass is 16.1. The van der Waals surface area contributed by atoms with Gasteiger partial charge in [-0.2, -0.15) is 0 Å². The van der Waals surface area contributed by atoms with Gasteiger partial charge in [-0.15, -0.1) is 0 Å². The van der Waals surface area contributed by atoms with E-state index < -0.39 is 0 Å². The molecule has 0 radical (unpaired) electrons. The summed E-state index contributed by atoms with van der Waals surface area (Å²) < 4.78 is 0. The summed E-state index contributed by atoms with van der Waals surface area (Å²) in [7, 11) is 0. The van der Waals surface area contributed by atoms with E-state index in [-0.39, 0.29) is 5.91 Å². The van der Waals surface area contributed by atoms with Crippen LogP contribution in [-0.2, 0) is 11.3 Å². The van der Waals surface area contributed by atoms with Crippen LogP contribution in [0.3, 0.4) is 0 Å². The Bertz CT molecular complexity index is 413. The Morgan fingerprint density at radius 3 is 2.63 bits per heavy atom. The molecule has 1 aromatic carbocycles. The summed E-state index contributed by atoms with van der Waals surface area (Å²) in [5.41, 5.74) is 9.22. The van der Waals surface area contributed by atoms with Gasteiger partial charge in [-0.05, 0) is 23.9 Å². The summed E-state index contributed by atoms with van der Waals surface area (Å²) in [4.78, 5) is 14.3. The van der Waals surface area contributed by atoms with E-state index in [0.29, 0.717) is 19.5 Å². The lowest BCUT2D eigenvalue weighted by atomic mass is 10.1. The van der Waals surface area contributed by atoms with Crippen molar-refractivity contribution in [3.05, 3.63) is 46.3 Å². The van der Waals surface area contributed by atoms with E-state index in [1.54, 1.807) is 0 Å². The highest BCUT2D eigenvalue weighted by molar-refractivity contribution is 5.75. The first-order valence-corrected chi connectivity index (χ1v) is 6.64. The third-order valence-corrected chi connectivity index (χ3v) is 2.81. The number of rotatable bonds is 9. The molecule has 1 rings (SSSR count). The zero-order valence-corrected chi connectivity index (χ0v) is 11.1. The number of hydrogen-bond acceptors (Lipinski definition) is 2. The Hall–Kier alpha value is -2.00. The molecule has 0 aliphatic rings. The molecule has 0 saturated carbocycles. The van der Waals surface area contributed by atoms with Gasteiger partial charge in [-0.1, -0.05) is 48.3 Å². The number of nitrogens with one attached hydrogen (secondary N) is 1. The lowest BCUT2D eigenvalue weighted by Crippen LogP contribution is -2.22. The van der Waals surface area contributed by atoms with Crippen molar-refractivity contribution in [2.75, 3.05) is 6.54 Å². The average Bonchev–Trinajstić information content (AvgIpc) is 2.45. The molecule has 1 amide bonds. The fraction of sp³-hybridized carbons (Fsp3) is 0.500. The van der Waals surface area contributed by atoms with Gasteiger partial charge in [0.2, 0.25) is 5.91 Å². The van der Waals surface area contributed by atoms with E-state index in [1.165, 1.54) is 0 Å². The van der Waals surface area contributed by atoms with Gasteiger partial charge in [0.05, 0.1) is 0 Å². The summed E-state index contributed by atoms with van der Waals surface area (Å²) in [6, 6.07) is 9.88. The van der Waals surface area contributed by atoms with Crippen LogP contribution in [0.2, 0.25) is 0 Å². The number of benzene rings is 1. The van der Waals surface area contributed by atoms with Crippen LogP contribution in [0.1, 0.15) is 37.7 Å². The Kier molecular flexibility index (Phi) is 7.90. The number of unbranched alkanes of at least 4 members (excludes halogenated alkanes) is 3. The number of nitrogens with zero attached hydrogens (tertiary/aromatic N) is 3. The minimum atomic E-state index is 0.0962. The molecule has 1 N–H and O–H groups in total. The topological polar surface area (TPSA) is 77.9 Å². The van der Waals surface area contributed by atoms with Crippen LogP contribution in [0.25, 0.3) is 10.4 Å². The van der Waals surface area contributed by atoms with Gasteiger partial charge in [0, 0.05) is 24.4 Å². The molecule has 19 heavy (non-hydrogen) atoms. The minimum absolute atomic E-state index is 0.0962. The molecule has 0 fully saturated rings. The molecule has 0 atom stereocenters. The summed E-state index contributed by atoms with van der Waals surface area (Å²) in [5.74, 6) is 0.0962. The zero-order valence-electron chi connectivity index (χ0n) is 11.1. The standard InChI is InChI=1S/C14H20N4O/c15-18-17-11-7-2-1-6-10-14(19)16-12-13-8-4-3-5-9-13/h3-5,8-9H,1-2,6-7,10-12H2,(H,16,19). The third-order valence-electron chi connectivity index (χ3n) is 2.81. The summed E-state index contributed by atoms with van der Waals surface area (Å²) in [6.45, 7) is 1.15. The predicted molar refractivity (Wildman–Crippen MR) is 75.4 cm³/mol. The second kappa shape index (κ2) is 9.97. The van der Waals surface area contributed by atoms with Crippen molar-refractivity contribution in [1.82, 2.24) is 5.32 Å². The average molecular weight is 260 g/mol. The van der Waals surface area contributed by atoms with Crippen LogP contribution in [0.5, 0.6) is 0 Å². The fourth-order valence-corrected chi connectivity index (χ4v) is 1.75. The van der Waals surface area contributed by atoms with E-state index >= 15 is 0 Å². The van der Waals surface area contributed by atoms with Crippen molar-refractivity contribution in [3.8, 4) is 0 Å². The lowest BCUT2D eigenvalue weighted by molar-refractivity contribution is -0.121. The van der Waals surface area contributed by atoms with E-state index in [9.17, 15) is 4.79 Å². The van der Waals surface area contributed by atoms with Gasteiger partial charge in [-0.3, -0.25) is 4.79 Å². The van der Waals surface area contributed by atoms with Crippen molar-refractivity contribution < 1.29 is 4.79 Å². The third kappa shape index (κ3) is 7.84. The van der Waals surface area contributed by atoms with Crippen LogP contribution in [0, 0.1) is 0 Å². The smallest absolute Gasteiger partial charge is 0.220 e. The van der Waals surface area contributed by atoms with Crippen LogP contribution >= 0.6 is 0 Å². The highest BCUT2D eigenvalue weighted by Gasteiger charge is 2.00. The zero-order chi connectivity index (χ0) is 13.8. The highest BCUT2D eigenvalue weighted by Crippen LogP contribution is 2.04. The van der Waals surface area contributed by atoms with E-state index in [4.69, 9.17) is 5.53 Å². The Labute approximate surface area is 113 Å². The number of carbonyl (C=O) groups excluding carboxylic acids is 1. The molecule has 0 saturated heterocycles. The molecular weight excluding hydrogens is 240 g/mol. The monoisotopic (exact) mass is 260 g/mol. The van der Waals surface area contributed by atoms with Crippen molar-refractivity contribution in [2.45, 2.75) is 38.6 Å². The summed E-state index contributed by atoms with van der Waals surface area (Å²) >= 11 is 0. The van der Waals surface area contributed by atoms with E-state index in [2.05, 4.69) is 15.3 Å². The molecule has 1 aromatic rings. The Balaban J connectivity index is 2.01.